The Labute approximate surface area is 129 Å². The number of nitrogens with zero attached hydrogens (tertiary/aromatic N) is 2. The molecule has 0 spiro atoms. The average Bonchev–Trinajstić information content (AvgIpc) is 2.39. The minimum Gasteiger partial charge on any atom is -0.260 e. The molecule has 0 amide bonds. The van der Waals surface area contributed by atoms with Gasteiger partial charge in [0.2, 0.25) is 10.0 Å². The Morgan fingerprint density at radius 2 is 2.05 bits per heavy atom. The van der Waals surface area contributed by atoms with Crippen molar-refractivity contribution in [3.63, 3.8) is 0 Å². The third-order valence-electron chi connectivity index (χ3n) is 4.01. The lowest BCUT2D eigenvalue weighted by Gasteiger charge is -2.38. The van der Waals surface area contributed by atoms with Crippen LogP contribution >= 0.6 is 15.9 Å². The summed E-state index contributed by atoms with van der Waals surface area (Å²) in [5.41, 5.74) is 0.978. The third-order valence-corrected chi connectivity index (χ3v) is 6.73. The van der Waals surface area contributed by atoms with Crippen molar-refractivity contribution >= 4 is 26.0 Å². The molecule has 20 heavy (non-hydrogen) atoms. The molecule has 0 aromatic carbocycles. The zero-order valence-corrected chi connectivity index (χ0v) is 14.4. The number of piperidine rings is 1. The highest BCUT2D eigenvalue weighted by atomic mass is 79.9. The lowest BCUT2D eigenvalue weighted by atomic mass is 9.78. The molecule has 0 N–H and O–H groups in total. The van der Waals surface area contributed by atoms with Crippen LogP contribution < -0.4 is 0 Å². The van der Waals surface area contributed by atoms with Crippen LogP contribution in [0, 0.1) is 0 Å². The van der Waals surface area contributed by atoms with Crippen molar-refractivity contribution in [2.75, 3.05) is 18.8 Å². The molecule has 0 radical (unpaired) electrons. The summed E-state index contributed by atoms with van der Waals surface area (Å²) in [6.45, 7) is 5.24. The van der Waals surface area contributed by atoms with Gasteiger partial charge in [-0.05, 0) is 47.3 Å². The van der Waals surface area contributed by atoms with Crippen LogP contribution in [0.4, 0.5) is 0 Å². The highest BCUT2D eigenvalue weighted by molar-refractivity contribution is 9.10. The van der Waals surface area contributed by atoms with Crippen LogP contribution in [-0.2, 0) is 15.4 Å². The molecular weight excluding hydrogens is 340 g/mol. The molecule has 4 nitrogen and oxygen atoms in total. The fourth-order valence-electron chi connectivity index (χ4n) is 2.71. The number of pyridine rings is 1. The van der Waals surface area contributed by atoms with Crippen LogP contribution in [0.15, 0.2) is 22.8 Å². The Kier molecular flexibility index (Phi) is 4.87. The van der Waals surface area contributed by atoms with Gasteiger partial charge >= 0.3 is 0 Å². The number of rotatable bonds is 4. The second kappa shape index (κ2) is 6.12. The Morgan fingerprint density at radius 1 is 1.40 bits per heavy atom. The van der Waals surface area contributed by atoms with Crippen molar-refractivity contribution in [2.24, 2.45) is 0 Å². The Balaban J connectivity index is 2.13. The van der Waals surface area contributed by atoms with Crippen LogP contribution in [0.5, 0.6) is 0 Å². The van der Waals surface area contributed by atoms with E-state index in [0.717, 1.165) is 23.0 Å². The maximum absolute atomic E-state index is 12.1. The minimum absolute atomic E-state index is 0.0572. The van der Waals surface area contributed by atoms with Gasteiger partial charge < -0.3 is 0 Å². The summed E-state index contributed by atoms with van der Waals surface area (Å²) in [7, 11) is -3.07. The molecule has 2 rings (SSSR count). The average molecular weight is 361 g/mol. The van der Waals surface area contributed by atoms with Crippen molar-refractivity contribution in [3.05, 3.63) is 28.5 Å². The zero-order valence-electron chi connectivity index (χ0n) is 12.0. The fraction of sp³-hybridized carbons (Fsp3) is 0.643. The van der Waals surface area contributed by atoms with E-state index in [1.54, 1.807) is 10.5 Å². The van der Waals surface area contributed by atoms with Gasteiger partial charge in [0.05, 0.1) is 11.4 Å². The molecule has 6 heteroatoms. The standard InChI is InChI=1S/C14H21BrN2O2S/c1-3-11-20(18,19)17-9-6-14(2,7-10-17)13-12(15)5-4-8-16-13/h4-5,8H,3,6-7,9-11H2,1-2H3. The van der Waals surface area contributed by atoms with E-state index in [1.807, 2.05) is 19.1 Å². The van der Waals surface area contributed by atoms with E-state index in [4.69, 9.17) is 0 Å². The number of hydrogen-bond donors (Lipinski definition) is 0. The predicted octanol–water partition coefficient (Wildman–Crippen LogP) is 2.94. The van der Waals surface area contributed by atoms with Gasteiger partial charge in [-0.2, -0.15) is 0 Å². The Morgan fingerprint density at radius 3 is 2.60 bits per heavy atom. The van der Waals surface area contributed by atoms with Gasteiger partial charge in [0.1, 0.15) is 0 Å². The Hall–Kier alpha value is -0.460. The van der Waals surface area contributed by atoms with Gasteiger partial charge in [0.25, 0.3) is 0 Å². The molecule has 1 aliphatic heterocycles. The van der Waals surface area contributed by atoms with E-state index >= 15 is 0 Å². The van der Waals surface area contributed by atoms with Gasteiger partial charge in [0.15, 0.2) is 0 Å². The summed E-state index contributed by atoms with van der Waals surface area (Å²) in [4.78, 5) is 4.48. The SMILES string of the molecule is CCCS(=O)(=O)N1CCC(C)(c2ncccc2Br)CC1. The van der Waals surface area contributed by atoms with Crippen molar-refractivity contribution in [3.8, 4) is 0 Å². The molecule has 1 aromatic heterocycles. The van der Waals surface area contributed by atoms with Gasteiger partial charge in [-0.15, -0.1) is 0 Å². The molecule has 1 aliphatic rings. The number of aromatic nitrogens is 1. The van der Waals surface area contributed by atoms with Gasteiger partial charge in [0, 0.05) is 29.2 Å². The summed E-state index contributed by atoms with van der Waals surface area (Å²) in [5.74, 6) is 0.247. The molecule has 1 fully saturated rings. The van der Waals surface area contributed by atoms with Crippen molar-refractivity contribution in [2.45, 2.75) is 38.5 Å². The molecule has 0 aliphatic carbocycles. The molecule has 112 valence electrons. The number of halogens is 1. The van der Waals surface area contributed by atoms with Gasteiger partial charge in [-0.1, -0.05) is 13.8 Å². The lowest BCUT2D eigenvalue weighted by molar-refractivity contribution is 0.244. The summed E-state index contributed by atoms with van der Waals surface area (Å²) >= 11 is 3.55. The summed E-state index contributed by atoms with van der Waals surface area (Å²) in [5, 5.41) is 0. The highest BCUT2D eigenvalue weighted by Crippen LogP contribution is 2.37. The van der Waals surface area contributed by atoms with Crippen molar-refractivity contribution in [1.82, 2.24) is 9.29 Å². The van der Waals surface area contributed by atoms with Gasteiger partial charge in [-0.3, -0.25) is 4.98 Å². The van der Waals surface area contributed by atoms with Crippen LogP contribution in [-0.4, -0.2) is 36.5 Å². The molecule has 0 bridgehead atoms. The third kappa shape index (κ3) is 3.23. The normalized spacial score (nSPS) is 19.9. The first-order valence-electron chi connectivity index (χ1n) is 6.98. The zero-order chi connectivity index (χ0) is 14.8. The Bertz CT molecular complexity index is 566. The van der Waals surface area contributed by atoms with Gasteiger partial charge in [-0.25, -0.2) is 12.7 Å². The summed E-state index contributed by atoms with van der Waals surface area (Å²) in [6, 6.07) is 3.89. The van der Waals surface area contributed by atoms with E-state index in [1.165, 1.54) is 0 Å². The summed E-state index contributed by atoms with van der Waals surface area (Å²) < 4.78 is 26.8. The number of sulfonamides is 1. The minimum atomic E-state index is -3.07. The number of hydrogen-bond acceptors (Lipinski definition) is 3. The van der Waals surface area contributed by atoms with E-state index < -0.39 is 10.0 Å². The smallest absolute Gasteiger partial charge is 0.214 e. The van der Waals surface area contributed by atoms with Crippen LogP contribution in [0.25, 0.3) is 0 Å². The maximum Gasteiger partial charge on any atom is 0.214 e. The van der Waals surface area contributed by atoms with Crippen LogP contribution in [0.1, 0.15) is 38.8 Å². The van der Waals surface area contributed by atoms with E-state index in [0.29, 0.717) is 19.5 Å². The first-order valence-corrected chi connectivity index (χ1v) is 9.38. The largest absolute Gasteiger partial charge is 0.260 e. The topological polar surface area (TPSA) is 50.3 Å². The molecule has 1 aromatic rings. The van der Waals surface area contributed by atoms with E-state index in [2.05, 4.69) is 27.8 Å². The predicted molar refractivity (Wildman–Crippen MR) is 84.2 cm³/mol. The molecule has 2 heterocycles. The lowest BCUT2D eigenvalue weighted by Crippen LogP contribution is -2.45. The highest BCUT2D eigenvalue weighted by Gasteiger charge is 2.37. The molecule has 0 unspecified atom stereocenters. The first-order chi connectivity index (χ1) is 9.39. The molecule has 1 saturated heterocycles. The molecular formula is C14H21BrN2O2S. The van der Waals surface area contributed by atoms with Crippen LogP contribution in [0.3, 0.4) is 0 Å². The fourth-order valence-corrected chi connectivity index (χ4v) is 4.96. The van der Waals surface area contributed by atoms with Crippen molar-refractivity contribution in [1.29, 1.82) is 0 Å². The summed E-state index contributed by atoms with van der Waals surface area (Å²) in [6.07, 6.45) is 4.09. The second-order valence-electron chi connectivity index (χ2n) is 5.61. The van der Waals surface area contributed by atoms with Crippen LogP contribution in [0.2, 0.25) is 0 Å². The van der Waals surface area contributed by atoms with E-state index in [-0.39, 0.29) is 11.2 Å². The molecule has 0 atom stereocenters. The van der Waals surface area contributed by atoms with E-state index in [9.17, 15) is 8.42 Å². The first kappa shape index (κ1) is 15.9. The molecule has 0 saturated carbocycles. The quantitative estimate of drug-likeness (QED) is 0.829. The maximum atomic E-state index is 12.1. The second-order valence-corrected chi connectivity index (χ2v) is 8.55. The monoisotopic (exact) mass is 360 g/mol. The van der Waals surface area contributed by atoms with Crippen molar-refractivity contribution < 1.29 is 8.42 Å².